The van der Waals surface area contributed by atoms with Crippen molar-refractivity contribution in [1.29, 1.82) is 0 Å². The molecule has 0 unspecified atom stereocenters. The van der Waals surface area contributed by atoms with Crippen molar-refractivity contribution >= 4 is 11.8 Å². The average Bonchev–Trinajstić information content (AvgIpc) is 2.66. The van der Waals surface area contributed by atoms with E-state index in [1.54, 1.807) is 0 Å². The summed E-state index contributed by atoms with van der Waals surface area (Å²) in [5.41, 5.74) is 12.4. The number of aliphatic hydroxyl groups is 1. The Morgan fingerprint density at radius 3 is 1.74 bits per heavy atom. The predicted octanol–water partition coefficient (Wildman–Crippen LogP) is 0.879. The quantitative estimate of drug-likeness (QED) is 0.540. The van der Waals surface area contributed by atoms with Gasteiger partial charge in [-0.3, -0.25) is 9.59 Å². The van der Waals surface area contributed by atoms with Crippen molar-refractivity contribution in [2.75, 3.05) is 0 Å². The third-order valence-corrected chi connectivity index (χ3v) is 3.97. The fraction of sp³-hybridized carbons (Fsp3) is 0.300. The van der Waals surface area contributed by atoms with E-state index in [0.717, 1.165) is 11.1 Å². The van der Waals surface area contributed by atoms with Crippen molar-refractivity contribution < 1.29 is 24.2 Å². The maximum Gasteiger partial charge on any atom is 0.249 e. The van der Waals surface area contributed by atoms with Gasteiger partial charge in [-0.25, -0.2) is 0 Å². The number of rotatable bonds is 11. The molecule has 0 aromatic heterocycles. The van der Waals surface area contributed by atoms with Crippen LogP contribution in [0.25, 0.3) is 0 Å². The number of benzene rings is 2. The first-order valence-corrected chi connectivity index (χ1v) is 8.55. The molecule has 144 valence electrons. The lowest BCUT2D eigenvalue weighted by Gasteiger charge is -2.24. The number of carbonyl (C=O) groups is 2. The van der Waals surface area contributed by atoms with Gasteiger partial charge in [0.05, 0.1) is 19.3 Å². The second kappa shape index (κ2) is 10.4. The van der Waals surface area contributed by atoms with Crippen LogP contribution in [0.15, 0.2) is 60.7 Å². The monoisotopic (exact) mass is 372 g/mol. The zero-order chi connectivity index (χ0) is 19.6. The molecule has 0 aliphatic heterocycles. The fourth-order valence-electron chi connectivity index (χ4n) is 2.52. The fourth-order valence-corrected chi connectivity index (χ4v) is 2.52. The molecule has 7 heteroatoms. The molecule has 5 N–H and O–H groups in total. The SMILES string of the molecule is NC(=O)[C@@H](C[C@H](O)[C@@H](OCc1ccccc1)C(N)=O)OCc1ccccc1. The van der Waals surface area contributed by atoms with Gasteiger partial charge in [0.2, 0.25) is 11.8 Å². The molecule has 0 saturated carbocycles. The lowest BCUT2D eigenvalue weighted by Crippen LogP contribution is -2.45. The summed E-state index contributed by atoms with van der Waals surface area (Å²) in [6.45, 7) is 0.241. The largest absolute Gasteiger partial charge is 0.390 e. The molecule has 27 heavy (non-hydrogen) atoms. The van der Waals surface area contributed by atoms with Gasteiger partial charge in [-0.05, 0) is 11.1 Å². The molecular formula is C20H24N2O5. The van der Waals surface area contributed by atoms with E-state index in [2.05, 4.69) is 0 Å². The van der Waals surface area contributed by atoms with E-state index in [0.29, 0.717) is 0 Å². The molecule has 0 radical (unpaired) electrons. The van der Waals surface area contributed by atoms with Gasteiger partial charge in [0, 0.05) is 6.42 Å². The Balaban J connectivity index is 1.94. The van der Waals surface area contributed by atoms with Crippen LogP contribution < -0.4 is 11.5 Å². The summed E-state index contributed by atoms with van der Waals surface area (Å²) in [5.74, 6) is -1.57. The van der Waals surface area contributed by atoms with E-state index in [1.807, 2.05) is 60.7 Å². The average molecular weight is 372 g/mol. The Labute approximate surface area is 157 Å². The molecule has 2 amide bonds. The highest BCUT2D eigenvalue weighted by molar-refractivity contribution is 5.81. The molecule has 2 rings (SSSR count). The molecule has 0 heterocycles. The summed E-state index contributed by atoms with van der Waals surface area (Å²) < 4.78 is 11.0. The van der Waals surface area contributed by atoms with Gasteiger partial charge < -0.3 is 26.0 Å². The van der Waals surface area contributed by atoms with Crippen molar-refractivity contribution in [1.82, 2.24) is 0 Å². The van der Waals surface area contributed by atoms with Crippen molar-refractivity contribution in [2.24, 2.45) is 11.5 Å². The lowest BCUT2D eigenvalue weighted by atomic mass is 10.1. The Hall–Kier alpha value is -2.74. The van der Waals surface area contributed by atoms with Crippen LogP contribution in [-0.4, -0.2) is 35.2 Å². The van der Waals surface area contributed by atoms with E-state index in [1.165, 1.54) is 0 Å². The summed E-state index contributed by atoms with van der Waals surface area (Å²) in [5, 5.41) is 10.4. The van der Waals surface area contributed by atoms with Gasteiger partial charge in [0.1, 0.15) is 6.10 Å². The number of hydrogen-bond donors (Lipinski definition) is 3. The maximum atomic E-state index is 11.7. The molecule has 0 aliphatic carbocycles. The van der Waals surface area contributed by atoms with Crippen LogP contribution in [-0.2, 0) is 32.3 Å². The maximum absolute atomic E-state index is 11.7. The minimum atomic E-state index is -1.33. The summed E-state index contributed by atoms with van der Waals surface area (Å²) in [6, 6.07) is 18.4. The van der Waals surface area contributed by atoms with Crippen LogP contribution in [0.2, 0.25) is 0 Å². The number of amides is 2. The smallest absolute Gasteiger partial charge is 0.249 e. The molecule has 0 spiro atoms. The molecular weight excluding hydrogens is 348 g/mol. The van der Waals surface area contributed by atoms with Gasteiger partial charge in [0.15, 0.2) is 6.10 Å². The van der Waals surface area contributed by atoms with E-state index < -0.39 is 30.1 Å². The topological polar surface area (TPSA) is 125 Å². The third kappa shape index (κ3) is 6.82. The Morgan fingerprint density at radius 2 is 1.30 bits per heavy atom. The molecule has 2 aromatic carbocycles. The van der Waals surface area contributed by atoms with Crippen LogP contribution >= 0.6 is 0 Å². The number of carbonyl (C=O) groups excluding carboxylic acids is 2. The summed E-state index contributed by atoms with van der Waals surface area (Å²) in [7, 11) is 0. The summed E-state index contributed by atoms with van der Waals surface area (Å²) in [6.07, 6.45) is -3.90. The van der Waals surface area contributed by atoms with Gasteiger partial charge in [-0.15, -0.1) is 0 Å². The zero-order valence-electron chi connectivity index (χ0n) is 14.9. The lowest BCUT2D eigenvalue weighted by molar-refractivity contribution is -0.145. The van der Waals surface area contributed by atoms with Gasteiger partial charge >= 0.3 is 0 Å². The Bertz CT molecular complexity index is 724. The Kier molecular flexibility index (Phi) is 7.94. The highest BCUT2D eigenvalue weighted by atomic mass is 16.5. The Morgan fingerprint density at radius 1 is 0.815 bits per heavy atom. The van der Waals surface area contributed by atoms with E-state index >= 15 is 0 Å². The standard InChI is InChI=1S/C20H24N2O5/c21-19(24)17(26-12-14-7-3-1-4-8-14)11-16(23)18(20(22)25)27-13-15-9-5-2-6-10-15/h1-10,16-18,23H,11-13H2,(H2,21,24)(H2,22,25)/t16-,17+,18+/m0/s1. The number of primary amides is 2. The first-order chi connectivity index (χ1) is 13.0. The number of aliphatic hydroxyl groups excluding tert-OH is 1. The van der Waals surface area contributed by atoms with Crippen LogP contribution in [0.5, 0.6) is 0 Å². The van der Waals surface area contributed by atoms with E-state index in [-0.39, 0.29) is 19.6 Å². The van der Waals surface area contributed by atoms with Crippen molar-refractivity contribution in [3.63, 3.8) is 0 Å². The number of nitrogens with two attached hydrogens (primary N) is 2. The molecule has 0 fully saturated rings. The minimum Gasteiger partial charge on any atom is -0.390 e. The van der Waals surface area contributed by atoms with Crippen LogP contribution in [0, 0.1) is 0 Å². The van der Waals surface area contributed by atoms with Crippen LogP contribution in [0.3, 0.4) is 0 Å². The molecule has 7 nitrogen and oxygen atoms in total. The summed E-state index contributed by atoms with van der Waals surface area (Å²) in [4.78, 5) is 23.3. The van der Waals surface area contributed by atoms with Crippen molar-refractivity contribution in [3.8, 4) is 0 Å². The second-order valence-corrected chi connectivity index (χ2v) is 6.11. The van der Waals surface area contributed by atoms with Gasteiger partial charge in [-0.2, -0.15) is 0 Å². The first kappa shape index (κ1) is 20.6. The minimum absolute atomic E-state index is 0.0949. The molecule has 0 saturated heterocycles. The van der Waals surface area contributed by atoms with E-state index in [9.17, 15) is 14.7 Å². The second-order valence-electron chi connectivity index (χ2n) is 6.11. The highest BCUT2D eigenvalue weighted by Gasteiger charge is 2.30. The van der Waals surface area contributed by atoms with Crippen LogP contribution in [0.1, 0.15) is 17.5 Å². The van der Waals surface area contributed by atoms with E-state index in [4.69, 9.17) is 20.9 Å². The number of ether oxygens (including phenoxy) is 2. The van der Waals surface area contributed by atoms with Crippen LogP contribution in [0.4, 0.5) is 0 Å². The molecule has 0 aliphatic rings. The van der Waals surface area contributed by atoms with Gasteiger partial charge in [0.25, 0.3) is 0 Å². The van der Waals surface area contributed by atoms with Crippen molar-refractivity contribution in [2.45, 2.75) is 37.9 Å². The zero-order valence-corrected chi connectivity index (χ0v) is 14.9. The predicted molar refractivity (Wildman–Crippen MR) is 99.1 cm³/mol. The molecule has 2 aromatic rings. The first-order valence-electron chi connectivity index (χ1n) is 8.55. The molecule has 0 bridgehead atoms. The highest BCUT2D eigenvalue weighted by Crippen LogP contribution is 2.14. The van der Waals surface area contributed by atoms with Crippen molar-refractivity contribution in [3.05, 3.63) is 71.8 Å². The number of hydrogen-bond acceptors (Lipinski definition) is 5. The normalized spacial score (nSPS) is 14.3. The third-order valence-electron chi connectivity index (χ3n) is 3.97. The molecule has 3 atom stereocenters. The summed E-state index contributed by atoms with van der Waals surface area (Å²) >= 11 is 0. The van der Waals surface area contributed by atoms with Gasteiger partial charge in [-0.1, -0.05) is 60.7 Å².